The van der Waals surface area contributed by atoms with E-state index in [-0.39, 0.29) is 5.75 Å². The number of anilines is 1. The molecule has 24 heavy (non-hydrogen) atoms. The third kappa shape index (κ3) is 7.45. The topological polar surface area (TPSA) is 110 Å². The average Bonchev–Trinajstić information content (AvgIpc) is 2.47. The minimum absolute atomic E-state index is 0.00914. The Morgan fingerprint density at radius 3 is 2.54 bits per heavy atom. The summed E-state index contributed by atoms with van der Waals surface area (Å²) in [6, 6.07) is 4.64. The first-order valence-electron chi connectivity index (χ1n) is 7.69. The lowest BCUT2D eigenvalue weighted by Crippen LogP contribution is -2.25. The predicted octanol–water partition coefficient (Wildman–Crippen LogP) is 2.00. The Bertz CT molecular complexity index is 684. The summed E-state index contributed by atoms with van der Waals surface area (Å²) in [4.78, 5) is 22.4. The van der Waals surface area contributed by atoms with Crippen LogP contribution < -0.4 is 10.1 Å². The number of carbonyl (C=O) groups is 2. The molecule has 0 spiro atoms. The summed E-state index contributed by atoms with van der Waals surface area (Å²) in [5.74, 6) is -1.85. The standard InChI is InChI=1S/C16H23NO6S/c1-3-4-5-8-24(21,22)11-15(18)17-14-7-6-13(9-12(14)2)23-10-16(19)20/h6-7,9H,3-5,8,10-11H2,1-2H3,(H,17,18)(H,19,20). The van der Waals surface area contributed by atoms with Crippen LogP contribution in [0, 0.1) is 6.92 Å². The lowest BCUT2D eigenvalue weighted by molar-refractivity contribution is -0.139. The van der Waals surface area contributed by atoms with E-state index in [4.69, 9.17) is 9.84 Å². The van der Waals surface area contributed by atoms with Crippen LogP contribution in [-0.4, -0.2) is 43.5 Å². The Morgan fingerprint density at radius 1 is 1.25 bits per heavy atom. The maximum absolute atomic E-state index is 11.9. The normalized spacial score (nSPS) is 11.1. The van der Waals surface area contributed by atoms with Gasteiger partial charge >= 0.3 is 5.97 Å². The smallest absolute Gasteiger partial charge is 0.341 e. The van der Waals surface area contributed by atoms with Gasteiger partial charge in [0.2, 0.25) is 5.91 Å². The van der Waals surface area contributed by atoms with E-state index in [2.05, 4.69) is 5.32 Å². The summed E-state index contributed by atoms with van der Waals surface area (Å²) >= 11 is 0. The summed E-state index contributed by atoms with van der Waals surface area (Å²) in [6.45, 7) is 3.23. The van der Waals surface area contributed by atoms with Gasteiger partial charge in [0, 0.05) is 5.69 Å². The van der Waals surface area contributed by atoms with Gasteiger partial charge in [-0.3, -0.25) is 4.79 Å². The fourth-order valence-electron chi connectivity index (χ4n) is 2.04. The second kappa shape index (κ2) is 9.27. The van der Waals surface area contributed by atoms with Crippen LogP contribution in [-0.2, 0) is 19.4 Å². The highest BCUT2D eigenvalue weighted by atomic mass is 32.2. The molecule has 0 heterocycles. The van der Waals surface area contributed by atoms with Crippen LogP contribution in [0.5, 0.6) is 5.75 Å². The quantitative estimate of drug-likeness (QED) is 0.620. The fourth-order valence-corrected chi connectivity index (χ4v) is 3.30. The lowest BCUT2D eigenvalue weighted by Gasteiger charge is -2.11. The Balaban J connectivity index is 2.62. The van der Waals surface area contributed by atoms with Gasteiger partial charge in [-0.15, -0.1) is 0 Å². The molecule has 0 aliphatic heterocycles. The molecular weight excluding hydrogens is 334 g/mol. The van der Waals surface area contributed by atoms with Crippen LogP contribution >= 0.6 is 0 Å². The number of aryl methyl sites for hydroxylation is 1. The molecule has 1 aromatic carbocycles. The Labute approximate surface area is 141 Å². The van der Waals surface area contributed by atoms with Gasteiger partial charge in [-0.2, -0.15) is 0 Å². The number of rotatable bonds is 10. The van der Waals surface area contributed by atoms with E-state index in [9.17, 15) is 18.0 Å². The zero-order valence-corrected chi connectivity index (χ0v) is 14.7. The van der Waals surface area contributed by atoms with Crippen LogP contribution in [0.3, 0.4) is 0 Å². The second-order valence-corrected chi connectivity index (χ2v) is 7.69. The van der Waals surface area contributed by atoms with E-state index < -0.39 is 34.1 Å². The molecule has 7 nitrogen and oxygen atoms in total. The van der Waals surface area contributed by atoms with E-state index in [0.29, 0.717) is 23.4 Å². The Kier molecular flexibility index (Phi) is 7.70. The van der Waals surface area contributed by atoms with Gasteiger partial charge in [0.15, 0.2) is 16.4 Å². The molecule has 1 aromatic rings. The molecule has 2 N–H and O–H groups in total. The third-order valence-corrected chi connectivity index (χ3v) is 4.86. The molecule has 1 amide bonds. The largest absolute Gasteiger partial charge is 0.482 e. The number of amides is 1. The predicted molar refractivity (Wildman–Crippen MR) is 91.1 cm³/mol. The molecule has 0 fully saturated rings. The minimum Gasteiger partial charge on any atom is -0.482 e. The van der Waals surface area contributed by atoms with Gasteiger partial charge in [-0.25, -0.2) is 13.2 Å². The van der Waals surface area contributed by atoms with Gasteiger partial charge in [-0.1, -0.05) is 19.8 Å². The zero-order chi connectivity index (χ0) is 18.2. The van der Waals surface area contributed by atoms with Crippen molar-refractivity contribution in [2.45, 2.75) is 33.1 Å². The van der Waals surface area contributed by atoms with E-state index in [1.165, 1.54) is 6.07 Å². The number of benzene rings is 1. The molecule has 0 aliphatic carbocycles. The number of hydrogen-bond donors (Lipinski definition) is 2. The Morgan fingerprint density at radius 2 is 1.96 bits per heavy atom. The van der Waals surface area contributed by atoms with Gasteiger partial charge in [0.1, 0.15) is 11.5 Å². The number of ether oxygens (including phenoxy) is 1. The molecule has 134 valence electrons. The number of sulfone groups is 1. The van der Waals surface area contributed by atoms with Crippen molar-refractivity contribution >= 4 is 27.4 Å². The Hall–Kier alpha value is -2.09. The molecule has 0 atom stereocenters. The molecule has 0 saturated carbocycles. The van der Waals surface area contributed by atoms with Gasteiger partial charge in [0.05, 0.1) is 5.75 Å². The number of hydrogen-bond acceptors (Lipinski definition) is 5. The van der Waals surface area contributed by atoms with E-state index in [1.54, 1.807) is 19.1 Å². The van der Waals surface area contributed by atoms with Crippen LogP contribution in [0.4, 0.5) is 5.69 Å². The van der Waals surface area contributed by atoms with Gasteiger partial charge in [-0.05, 0) is 37.1 Å². The first-order valence-corrected chi connectivity index (χ1v) is 9.51. The SMILES string of the molecule is CCCCCS(=O)(=O)CC(=O)Nc1ccc(OCC(=O)O)cc1C. The van der Waals surface area contributed by atoms with Gasteiger partial charge < -0.3 is 15.2 Å². The van der Waals surface area contributed by atoms with E-state index in [1.807, 2.05) is 6.92 Å². The summed E-state index contributed by atoms with van der Waals surface area (Å²) in [5, 5.41) is 11.1. The monoisotopic (exact) mass is 357 g/mol. The number of carbonyl (C=O) groups excluding carboxylic acids is 1. The highest BCUT2D eigenvalue weighted by Gasteiger charge is 2.17. The number of aliphatic carboxylic acids is 1. The summed E-state index contributed by atoms with van der Waals surface area (Å²) in [6.07, 6.45) is 2.29. The molecule has 0 bridgehead atoms. The summed E-state index contributed by atoms with van der Waals surface area (Å²) in [5.41, 5.74) is 1.11. The van der Waals surface area contributed by atoms with Crippen molar-refractivity contribution in [3.05, 3.63) is 23.8 Å². The highest BCUT2D eigenvalue weighted by Crippen LogP contribution is 2.21. The van der Waals surface area contributed by atoms with Gasteiger partial charge in [0.25, 0.3) is 0 Å². The van der Waals surface area contributed by atoms with Crippen molar-refractivity contribution in [2.75, 3.05) is 23.4 Å². The van der Waals surface area contributed by atoms with Crippen LogP contribution in [0.25, 0.3) is 0 Å². The second-order valence-electron chi connectivity index (χ2n) is 5.51. The van der Waals surface area contributed by atoms with Crippen LogP contribution in [0.1, 0.15) is 31.7 Å². The molecule has 0 aliphatic rings. The van der Waals surface area contributed by atoms with E-state index >= 15 is 0 Å². The lowest BCUT2D eigenvalue weighted by atomic mass is 10.2. The molecule has 8 heteroatoms. The average molecular weight is 357 g/mol. The molecule has 0 saturated heterocycles. The molecule has 0 radical (unpaired) electrons. The number of carboxylic acids is 1. The third-order valence-electron chi connectivity index (χ3n) is 3.24. The number of nitrogens with one attached hydrogen (secondary N) is 1. The fraction of sp³-hybridized carbons (Fsp3) is 0.500. The first kappa shape index (κ1) is 20.0. The maximum atomic E-state index is 11.9. The van der Waals surface area contributed by atoms with Crippen molar-refractivity contribution in [3.8, 4) is 5.75 Å². The van der Waals surface area contributed by atoms with Crippen molar-refractivity contribution in [1.82, 2.24) is 0 Å². The molecule has 1 rings (SSSR count). The number of carboxylic acid groups (broad SMARTS) is 1. The van der Waals surface area contributed by atoms with Crippen LogP contribution in [0.2, 0.25) is 0 Å². The van der Waals surface area contributed by atoms with Crippen molar-refractivity contribution in [1.29, 1.82) is 0 Å². The molecule has 0 unspecified atom stereocenters. The van der Waals surface area contributed by atoms with Crippen molar-refractivity contribution in [2.24, 2.45) is 0 Å². The van der Waals surface area contributed by atoms with Crippen molar-refractivity contribution in [3.63, 3.8) is 0 Å². The number of unbranched alkanes of at least 4 members (excludes halogenated alkanes) is 2. The summed E-state index contributed by atoms with van der Waals surface area (Å²) < 4.78 is 28.8. The zero-order valence-electron chi connectivity index (χ0n) is 13.9. The summed E-state index contributed by atoms with van der Waals surface area (Å²) in [7, 11) is -3.41. The molecule has 0 aromatic heterocycles. The first-order chi connectivity index (χ1) is 11.2. The highest BCUT2D eigenvalue weighted by molar-refractivity contribution is 7.92. The maximum Gasteiger partial charge on any atom is 0.341 e. The van der Waals surface area contributed by atoms with E-state index in [0.717, 1.165) is 12.8 Å². The van der Waals surface area contributed by atoms with Crippen LogP contribution in [0.15, 0.2) is 18.2 Å². The molecular formula is C16H23NO6S. The minimum atomic E-state index is -3.41. The van der Waals surface area contributed by atoms with Crippen molar-refractivity contribution < 1.29 is 27.9 Å².